The van der Waals surface area contributed by atoms with Gasteiger partial charge >= 0.3 is 0 Å². The predicted octanol–water partition coefficient (Wildman–Crippen LogP) is 0.630. The Labute approximate surface area is 152 Å². The van der Waals surface area contributed by atoms with Gasteiger partial charge in [0.25, 0.3) is 0 Å². The van der Waals surface area contributed by atoms with E-state index in [0.29, 0.717) is 17.9 Å². The summed E-state index contributed by atoms with van der Waals surface area (Å²) in [6, 6.07) is 6.64. The molecule has 0 unspecified atom stereocenters. The molecule has 0 aliphatic carbocycles. The highest BCUT2D eigenvalue weighted by Crippen LogP contribution is 2.18. The van der Waals surface area contributed by atoms with E-state index in [2.05, 4.69) is 10.9 Å². The zero-order chi connectivity index (χ0) is 19.2. The van der Waals surface area contributed by atoms with Gasteiger partial charge in [0.05, 0.1) is 24.0 Å². The number of rotatable bonds is 7. The number of hydrogen-bond donors (Lipinski definition) is 2. The third kappa shape index (κ3) is 5.83. The summed E-state index contributed by atoms with van der Waals surface area (Å²) in [5.41, 5.74) is 4.90. The normalized spacial score (nSPS) is 18.1. The van der Waals surface area contributed by atoms with Crippen molar-refractivity contribution in [2.45, 2.75) is 26.2 Å². The van der Waals surface area contributed by atoms with Crippen LogP contribution in [0.25, 0.3) is 0 Å². The summed E-state index contributed by atoms with van der Waals surface area (Å²) in [4.78, 5) is 35.6. The molecule has 1 heterocycles. The Hall–Kier alpha value is -2.42. The quantitative estimate of drug-likeness (QED) is 0.527. The SMILES string of the molecule is CCOc1ccc(C(=O)CCC(=O)NNC(=O)[C@@H]2CCS(=O)(=O)C2)cc1. The number of Topliss-reactive ketones (excluding diaryl/α,β-unsaturated/α-hetero) is 1. The Morgan fingerprint density at radius 2 is 1.81 bits per heavy atom. The van der Waals surface area contributed by atoms with Gasteiger partial charge in [0, 0.05) is 18.4 Å². The molecule has 1 fully saturated rings. The second-order valence-electron chi connectivity index (χ2n) is 6.02. The van der Waals surface area contributed by atoms with Crippen molar-refractivity contribution in [2.24, 2.45) is 5.92 Å². The lowest BCUT2D eigenvalue weighted by atomic mass is 10.1. The molecule has 0 radical (unpaired) electrons. The monoisotopic (exact) mass is 382 g/mol. The average Bonchev–Trinajstić information content (AvgIpc) is 2.98. The molecule has 0 bridgehead atoms. The number of amides is 2. The number of hydrogen-bond acceptors (Lipinski definition) is 6. The zero-order valence-corrected chi connectivity index (χ0v) is 15.3. The van der Waals surface area contributed by atoms with Gasteiger partial charge in [-0.15, -0.1) is 0 Å². The Kier molecular flexibility index (Phi) is 6.73. The summed E-state index contributed by atoms with van der Waals surface area (Å²) in [6.07, 6.45) is 0.156. The van der Waals surface area contributed by atoms with E-state index in [1.165, 1.54) is 0 Å². The molecule has 1 saturated heterocycles. The number of hydrazine groups is 1. The molecule has 142 valence electrons. The average molecular weight is 382 g/mol. The molecule has 2 rings (SSSR count). The van der Waals surface area contributed by atoms with Crippen LogP contribution in [0.4, 0.5) is 0 Å². The summed E-state index contributed by atoms with van der Waals surface area (Å²) >= 11 is 0. The van der Waals surface area contributed by atoms with Gasteiger partial charge in [0.15, 0.2) is 15.6 Å². The van der Waals surface area contributed by atoms with Crippen LogP contribution in [0.3, 0.4) is 0 Å². The Balaban J connectivity index is 1.72. The number of ketones is 1. The molecule has 0 saturated carbocycles. The number of sulfone groups is 1. The Morgan fingerprint density at radius 3 is 2.38 bits per heavy atom. The Bertz CT molecular complexity index is 773. The fourth-order valence-corrected chi connectivity index (χ4v) is 4.31. The molecule has 0 spiro atoms. The molecule has 1 aromatic carbocycles. The van der Waals surface area contributed by atoms with Crippen LogP contribution in [0.15, 0.2) is 24.3 Å². The molecule has 1 aliphatic heterocycles. The van der Waals surface area contributed by atoms with Gasteiger partial charge in [-0.25, -0.2) is 8.42 Å². The Morgan fingerprint density at radius 1 is 1.12 bits per heavy atom. The summed E-state index contributed by atoms with van der Waals surface area (Å²) in [5.74, 6) is -1.45. The van der Waals surface area contributed by atoms with Crippen LogP contribution in [-0.4, -0.2) is 44.1 Å². The molecule has 1 aliphatic rings. The first-order valence-corrected chi connectivity index (χ1v) is 10.2. The van der Waals surface area contributed by atoms with E-state index < -0.39 is 27.6 Å². The highest BCUT2D eigenvalue weighted by atomic mass is 32.2. The highest BCUT2D eigenvalue weighted by molar-refractivity contribution is 7.91. The second-order valence-corrected chi connectivity index (χ2v) is 8.25. The van der Waals surface area contributed by atoms with Crippen LogP contribution < -0.4 is 15.6 Å². The van der Waals surface area contributed by atoms with Crippen LogP contribution in [0.2, 0.25) is 0 Å². The van der Waals surface area contributed by atoms with E-state index in [1.807, 2.05) is 6.92 Å². The van der Waals surface area contributed by atoms with E-state index in [4.69, 9.17) is 4.74 Å². The second kappa shape index (κ2) is 8.79. The minimum atomic E-state index is -3.17. The fourth-order valence-electron chi connectivity index (χ4n) is 2.57. The smallest absolute Gasteiger partial charge is 0.242 e. The van der Waals surface area contributed by atoms with Gasteiger partial charge in [-0.3, -0.25) is 25.2 Å². The molecule has 2 N–H and O–H groups in total. The lowest BCUT2D eigenvalue weighted by molar-refractivity contribution is -0.130. The van der Waals surface area contributed by atoms with Gasteiger partial charge < -0.3 is 4.74 Å². The molecule has 2 amide bonds. The van der Waals surface area contributed by atoms with Crippen LogP contribution >= 0.6 is 0 Å². The maximum Gasteiger partial charge on any atom is 0.242 e. The van der Waals surface area contributed by atoms with Crippen LogP contribution in [0, 0.1) is 5.92 Å². The summed E-state index contributed by atoms with van der Waals surface area (Å²) < 4.78 is 28.0. The molecule has 1 aromatic rings. The molecular formula is C17H22N2O6S. The molecular weight excluding hydrogens is 360 g/mol. The van der Waals surface area contributed by atoms with E-state index in [1.54, 1.807) is 24.3 Å². The number of benzene rings is 1. The molecule has 9 heteroatoms. The van der Waals surface area contributed by atoms with Gasteiger partial charge in [0.2, 0.25) is 11.8 Å². The van der Waals surface area contributed by atoms with Crippen molar-refractivity contribution in [1.82, 2.24) is 10.9 Å². The molecule has 26 heavy (non-hydrogen) atoms. The van der Waals surface area contributed by atoms with Crippen molar-refractivity contribution < 1.29 is 27.5 Å². The third-order valence-corrected chi connectivity index (χ3v) is 5.76. The van der Waals surface area contributed by atoms with Crippen molar-refractivity contribution in [1.29, 1.82) is 0 Å². The maximum atomic E-state index is 12.1. The molecule has 1 atom stereocenters. The van der Waals surface area contributed by atoms with Crippen LogP contribution in [-0.2, 0) is 19.4 Å². The van der Waals surface area contributed by atoms with Crippen LogP contribution in [0.5, 0.6) is 5.75 Å². The highest BCUT2D eigenvalue weighted by Gasteiger charge is 2.33. The first-order valence-electron chi connectivity index (χ1n) is 8.36. The fraction of sp³-hybridized carbons (Fsp3) is 0.471. The van der Waals surface area contributed by atoms with E-state index in [-0.39, 0.29) is 36.6 Å². The van der Waals surface area contributed by atoms with Crippen molar-refractivity contribution >= 4 is 27.4 Å². The number of nitrogens with one attached hydrogen (secondary N) is 2. The van der Waals surface area contributed by atoms with E-state index >= 15 is 0 Å². The molecule has 0 aromatic heterocycles. The van der Waals surface area contributed by atoms with E-state index in [0.717, 1.165) is 0 Å². The minimum Gasteiger partial charge on any atom is -0.494 e. The molecule has 8 nitrogen and oxygen atoms in total. The topological polar surface area (TPSA) is 119 Å². The van der Waals surface area contributed by atoms with Gasteiger partial charge in [-0.1, -0.05) is 0 Å². The lowest BCUT2D eigenvalue weighted by Gasteiger charge is -2.10. The van der Waals surface area contributed by atoms with Crippen LogP contribution in [0.1, 0.15) is 36.5 Å². The zero-order valence-electron chi connectivity index (χ0n) is 14.5. The lowest BCUT2D eigenvalue weighted by Crippen LogP contribution is -2.44. The summed E-state index contributed by atoms with van der Waals surface area (Å²) in [5, 5.41) is 0. The van der Waals surface area contributed by atoms with Crippen molar-refractivity contribution in [3.05, 3.63) is 29.8 Å². The first kappa shape index (κ1) is 19.9. The minimum absolute atomic E-state index is 0.00646. The van der Waals surface area contributed by atoms with Gasteiger partial charge in [-0.2, -0.15) is 0 Å². The van der Waals surface area contributed by atoms with Gasteiger partial charge in [0.1, 0.15) is 5.75 Å². The van der Waals surface area contributed by atoms with E-state index in [9.17, 15) is 22.8 Å². The number of ether oxygens (including phenoxy) is 1. The van der Waals surface area contributed by atoms with Crippen molar-refractivity contribution in [3.63, 3.8) is 0 Å². The number of carbonyl (C=O) groups is 3. The summed E-state index contributed by atoms with van der Waals surface area (Å²) in [6.45, 7) is 2.40. The standard InChI is InChI=1S/C17H22N2O6S/c1-2-25-14-5-3-12(4-6-14)15(20)7-8-16(21)18-19-17(22)13-9-10-26(23,24)11-13/h3-6,13H,2,7-11H2,1H3,(H,18,21)(H,19,22)/t13-/m1/s1. The maximum absolute atomic E-state index is 12.1. The first-order chi connectivity index (χ1) is 12.3. The van der Waals surface area contributed by atoms with Gasteiger partial charge in [-0.05, 0) is 37.6 Å². The largest absolute Gasteiger partial charge is 0.494 e. The van der Waals surface area contributed by atoms with Crippen molar-refractivity contribution in [3.8, 4) is 5.75 Å². The van der Waals surface area contributed by atoms with Crippen molar-refractivity contribution in [2.75, 3.05) is 18.1 Å². The predicted molar refractivity (Wildman–Crippen MR) is 94.2 cm³/mol. The third-order valence-electron chi connectivity index (χ3n) is 3.99. The number of carbonyl (C=O) groups excluding carboxylic acids is 3. The summed E-state index contributed by atoms with van der Waals surface area (Å²) in [7, 11) is -3.17.